The molecule has 0 saturated heterocycles. The second kappa shape index (κ2) is 7.79. The molecule has 1 fully saturated rings. The molecule has 0 atom stereocenters. The summed E-state index contributed by atoms with van der Waals surface area (Å²) in [6.45, 7) is 1.92. The van der Waals surface area contributed by atoms with Crippen LogP contribution >= 0.6 is 0 Å². The van der Waals surface area contributed by atoms with Crippen molar-refractivity contribution in [1.29, 1.82) is 0 Å². The molecule has 9 heteroatoms. The van der Waals surface area contributed by atoms with Gasteiger partial charge in [0.25, 0.3) is 11.8 Å². The van der Waals surface area contributed by atoms with Crippen molar-refractivity contribution in [2.45, 2.75) is 51.1 Å². The number of hydrogen-bond acceptors (Lipinski definition) is 6. The third-order valence-corrected chi connectivity index (χ3v) is 5.12. The fraction of sp³-hybridized carbons (Fsp3) is 0.421. The Morgan fingerprint density at radius 3 is 2.57 bits per heavy atom. The molecule has 0 radical (unpaired) electrons. The first-order valence-corrected chi connectivity index (χ1v) is 9.48. The molecule has 0 bridgehead atoms. The van der Waals surface area contributed by atoms with E-state index in [-0.39, 0.29) is 23.9 Å². The quantitative estimate of drug-likeness (QED) is 0.695. The normalized spacial score (nSPS) is 19.5. The van der Waals surface area contributed by atoms with Crippen LogP contribution in [-0.2, 0) is 6.42 Å². The van der Waals surface area contributed by atoms with Gasteiger partial charge in [0, 0.05) is 24.7 Å². The zero-order valence-electron chi connectivity index (χ0n) is 15.6. The number of nitrogens with zero attached hydrogens (tertiary/aromatic N) is 4. The van der Waals surface area contributed by atoms with Crippen LogP contribution in [0.15, 0.2) is 35.3 Å². The Bertz CT molecular complexity index is 986. The molecule has 2 N–H and O–H groups in total. The van der Waals surface area contributed by atoms with Gasteiger partial charge in [-0.25, -0.2) is 4.98 Å². The summed E-state index contributed by atoms with van der Waals surface area (Å²) in [6, 6.07) is 3.74. The molecule has 3 aromatic rings. The average Bonchev–Trinajstić information content (AvgIpc) is 3.36. The van der Waals surface area contributed by atoms with Crippen LogP contribution in [0.5, 0.6) is 0 Å². The predicted molar refractivity (Wildman–Crippen MR) is 99.8 cm³/mol. The molecule has 3 heterocycles. The lowest BCUT2D eigenvalue weighted by atomic mass is 9.91. The number of amides is 2. The Kier molecular flexibility index (Phi) is 5.05. The number of hydrogen-bond donors (Lipinski definition) is 2. The van der Waals surface area contributed by atoms with E-state index in [0.29, 0.717) is 29.0 Å². The third-order valence-electron chi connectivity index (χ3n) is 5.12. The zero-order valence-corrected chi connectivity index (χ0v) is 15.6. The summed E-state index contributed by atoms with van der Waals surface area (Å²) in [5, 5.41) is 14.3. The molecule has 4 rings (SSSR count). The highest BCUT2D eigenvalue weighted by Crippen LogP contribution is 2.20. The number of carbonyl (C=O) groups excluding carboxylic acids is 2. The number of aromatic nitrogens is 4. The SMILES string of the molecule is CCc1ocnc1C(=O)NC1CCC(NC(=O)c2cnn3ncccc23)CC1. The van der Waals surface area contributed by atoms with Crippen LogP contribution < -0.4 is 10.6 Å². The lowest BCUT2D eigenvalue weighted by Crippen LogP contribution is -2.44. The molecule has 0 spiro atoms. The first kappa shape index (κ1) is 18.1. The highest BCUT2D eigenvalue weighted by molar-refractivity contribution is 6.00. The zero-order chi connectivity index (χ0) is 19.5. The number of rotatable bonds is 5. The second-order valence-electron chi connectivity index (χ2n) is 6.93. The smallest absolute Gasteiger partial charge is 0.273 e. The molecule has 1 saturated carbocycles. The minimum absolute atomic E-state index is 0.0724. The molecular formula is C19H22N6O3. The topological polar surface area (TPSA) is 114 Å². The first-order chi connectivity index (χ1) is 13.7. The van der Waals surface area contributed by atoms with E-state index < -0.39 is 0 Å². The molecule has 146 valence electrons. The maximum atomic E-state index is 12.6. The Labute approximate surface area is 161 Å². The highest BCUT2D eigenvalue weighted by atomic mass is 16.3. The van der Waals surface area contributed by atoms with E-state index >= 15 is 0 Å². The standard InChI is InChI=1S/C19H22N6O3/c1-2-16-17(20-11-28-16)19(27)24-13-7-5-12(6-8-13)23-18(26)14-10-22-25-15(14)4-3-9-21-25/h3-4,9-13H,2,5-8H2,1H3,(H,23,26)(H,24,27). The van der Waals surface area contributed by atoms with Crippen LogP contribution in [0.2, 0.25) is 0 Å². The van der Waals surface area contributed by atoms with Gasteiger partial charge < -0.3 is 15.1 Å². The maximum absolute atomic E-state index is 12.6. The Morgan fingerprint density at radius 2 is 1.86 bits per heavy atom. The van der Waals surface area contributed by atoms with E-state index in [0.717, 1.165) is 25.7 Å². The number of fused-ring (bicyclic) bond motifs is 1. The summed E-state index contributed by atoms with van der Waals surface area (Å²) >= 11 is 0. The van der Waals surface area contributed by atoms with Crippen molar-refractivity contribution in [1.82, 2.24) is 30.4 Å². The number of nitrogens with one attached hydrogen (secondary N) is 2. The van der Waals surface area contributed by atoms with Crippen molar-refractivity contribution in [2.75, 3.05) is 0 Å². The summed E-state index contributed by atoms with van der Waals surface area (Å²) < 4.78 is 6.66. The van der Waals surface area contributed by atoms with Crippen LogP contribution in [0.3, 0.4) is 0 Å². The Hall–Kier alpha value is -3.23. The molecule has 28 heavy (non-hydrogen) atoms. The highest BCUT2D eigenvalue weighted by Gasteiger charge is 2.26. The van der Waals surface area contributed by atoms with Gasteiger partial charge in [0.2, 0.25) is 0 Å². The minimum atomic E-state index is -0.197. The van der Waals surface area contributed by atoms with Crippen LogP contribution in [0.1, 0.15) is 59.2 Å². The first-order valence-electron chi connectivity index (χ1n) is 9.48. The molecule has 0 aliphatic heterocycles. The number of carbonyl (C=O) groups is 2. The summed E-state index contributed by atoms with van der Waals surface area (Å²) in [4.78, 5) is 29.0. The summed E-state index contributed by atoms with van der Waals surface area (Å²) in [5.41, 5.74) is 1.56. The maximum Gasteiger partial charge on any atom is 0.273 e. The Morgan fingerprint density at radius 1 is 1.14 bits per heavy atom. The summed E-state index contributed by atoms with van der Waals surface area (Å²) in [5.74, 6) is 0.254. The van der Waals surface area contributed by atoms with E-state index in [1.165, 1.54) is 17.2 Å². The largest absolute Gasteiger partial charge is 0.448 e. The molecular weight excluding hydrogens is 360 g/mol. The Balaban J connectivity index is 1.31. The minimum Gasteiger partial charge on any atom is -0.448 e. The van der Waals surface area contributed by atoms with Crippen molar-refractivity contribution in [3.63, 3.8) is 0 Å². The molecule has 0 aromatic carbocycles. The van der Waals surface area contributed by atoms with E-state index in [2.05, 4.69) is 25.8 Å². The van der Waals surface area contributed by atoms with E-state index in [4.69, 9.17) is 4.42 Å². The van der Waals surface area contributed by atoms with Crippen LogP contribution in [0.4, 0.5) is 0 Å². The van der Waals surface area contributed by atoms with Gasteiger partial charge in [0.05, 0.1) is 11.8 Å². The fourth-order valence-corrected chi connectivity index (χ4v) is 3.61. The number of aryl methyl sites for hydroxylation is 1. The van der Waals surface area contributed by atoms with Crippen molar-refractivity contribution >= 4 is 17.3 Å². The third kappa shape index (κ3) is 3.60. The van der Waals surface area contributed by atoms with Crippen molar-refractivity contribution in [3.8, 4) is 0 Å². The fourth-order valence-electron chi connectivity index (χ4n) is 3.61. The van der Waals surface area contributed by atoms with Crippen molar-refractivity contribution in [2.24, 2.45) is 0 Å². The van der Waals surface area contributed by atoms with Crippen LogP contribution in [0, 0.1) is 0 Å². The van der Waals surface area contributed by atoms with Crippen LogP contribution in [-0.4, -0.2) is 43.7 Å². The van der Waals surface area contributed by atoms with Gasteiger partial charge in [-0.05, 0) is 37.8 Å². The average molecular weight is 382 g/mol. The predicted octanol–water partition coefficient (Wildman–Crippen LogP) is 1.75. The molecule has 3 aromatic heterocycles. The van der Waals surface area contributed by atoms with Gasteiger partial charge in [0.15, 0.2) is 12.1 Å². The van der Waals surface area contributed by atoms with Gasteiger partial charge in [-0.15, -0.1) is 0 Å². The van der Waals surface area contributed by atoms with Gasteiger partial charge in [-0.2, -0.15) is 14.8 Å². The lowest BCUT2D eigenvalue weighted by Gasteiger charge is -2.29. The summed E-state index contributed by atoms with van der Waals surface area (Å²) in [7, 11) is 0. The summed E-state index contributed by atoms with van der Waals surface area (Å²) in [6.07, 6.45) is 8.28. The second-order valence-corrected chi connectivity index (χ2v) is 6.93. The molecule has 1 aliphatic rings. The molecule has 2 amide bonds. The number of oxazole rings is 1. The van der Waals surface area contributed by atoms with E-state index in [1.54, 1.807) is 12.3 Å². The van der Waals surface area contributed by atoms with Crippen molar-refractivity contribution in [3.05, 3.63) is 47.9 Å². The van der Waals surface area contributed by atoms with Gasteiger partial charge in [0.1, 0.15) is 11.3 Å². The van der Waals surface area contributed by atoms with Crippen LogP contribution in [0.25, 0.3) is 5.52 Å². The lowest BCUT2D eigenvalue weighted by molar-refractivity contribution is 0.0889. The van der Waals surface area contributed by atoms with E-state index in [9.17, 15) is 9.59 Å². The molecule has 9 nitrogen and oxygen atoms in total. The van der Waals surface area contributed by atoms with Gasteiger partial charge in [-0.1, -0.05) is 6.92 Å². The van der Waals surface area contributed by atoms with Gasteiger partial charge in [-0.3, -0.25) is 9.59 Å². The molecule has 1 aliphatic carbocycles. The van der Waals surface area contributed by atoms with Gasteiger partial charge >= 0.3 is 0 Å². The molecule has 0 unspecified atom stereocenters. The monoisotopic (exact) mass is 382 g/mol. The van der Waals surface area contributed by atoms with E-state index in [1.807, 2.05) is 13.0 Å². The van der Waals surface area contributed by atoms with Crippen molar-refractivity contribution < 1.29 is 14.0 Å².